The lowest BCUT2D eigenvalue weighted by molar-refractivity contribution is -0.139. The number of carbonyl (C=O) groups is 1. The van der Waals surface area contributed by atoms with Crippen LogP contribution in [0.2, 0.25) is 0 Å². The van der Waals surface area contributed by atoms with Crippen LogP contribution in [0.15, 0.2) is 29.9 Å². The van der Waals surface area contributed by atoms with E-state index in [9.17, 15) is 9.90 Å². The summed E-state index contributed by atoms with van der Waals surface area (Å²) in [7, 11) is 0. The Balaban J connectivity index is 2.11. The number of aliphatic carboxylic acids is 1. The lowest BCUT2D eigenvalue weighted by Gasteiger charge is -2.21. The van der Waals surface area contributed by atoms with Crippen LogP contribution in [0.5, 0.6) is 0 Å². The first-order valence-corrected chi connectivity index (χ1v) is 9.59. The van der Waals surface area contributed by atoms with Crippen LogP contribution >= 0.6 is 11.3 Å². The van der Waals surface area contributed by atoms with E-state index in [1.54, 1.807) is 11.3 Å². The Labute approximate surface area is 157 Å². The van der Waals surface area contributed by atoms with Crippen molar-refractivity contribution in [1.82, 2.24) is 9.97 Å². The topological polar surface area (TPSA) is 75.1 Å². The van der Waals surface area contributed by atoms with Crippen LogP contribution < -0.4 is 5.32 Å². The third-order valence-corrected chi connectivity index (χ3v) is 5.85. The van der Waals surface area contributed by atoms with Crippen molar-refractivity contribution >= 4 is 33.3 Å². The maximum Gasteiger partial charge on any atom is 0.326 e. The third-order valence-electron chi connectivity index (χ3n) is 4.96. The van der Waals surface area contributed by atoms with Crippen molar-refractivity contribution in [1.29, 1.82) is 0 Å². The van der Waals surface area contributed by atoms with Gasteiger partial charge < -0.3 is 10.4 Å². The van der Waals surface area contributed by atoms with Crippen molar-refractivity contribution in [3.05, 3.63) is 41.0 Å². The molecule has 136 valence electrons. The summed E-state index contributed by atoms with van der Waals surface area (Å²) >= 11 is 1.54. The Kier molecular flexibility index (Phi) is 5.23. The van der Waals surface area contributed by atoms with Crippen LogP contribution in [0.3, 0.4) is 0 Å². The zero-order chi connectivity index (χ0) is 18.8. The molecule has 2 aromatic heterocycles. The van der Waals surface area contributed by atoms with Gasteiger partial charge in [0, 0.05) is 10.9 Å². The fourth-order valence-electron chi connectivity index (χ4n) is 2.94. The SMILES string of the molecule is CCC(C)C(Nc1ncnc2scc(-c3ccc(C)c(C)c3)c12)C(=O)O. The maximum absolute atomic E-state index is 11.7. The highest BCUT2D eigenvalue weighted by Gasteiger charge is 2.25. The average molecular weight is 369 g/mol. The van der Waals surface area contributed by atoms with E-state index in [0.717, 1.165) is 27.8 Å². The summed E-state index contributed by atoms with van der Waals surface area (Å²) in [6.07, 6.45) is 2.26. The molecular formula is C20H23N3O2S. The first-order valence-electron chi connectivity index (χ1n) is 8.71. The fraction of sp³-hybridized carbons (Fsp3) is 0.350. The number of carboxylic acid groups (broad SMARTS) is 1. The lowest BCUT2D eigenvalue weighted by Crippen LogP contribution is -2.35. The van der Waals surface area contributed by atoms with Gasteiger partial charge in [-0.2, -0.15) is 0 Å². The van der Waals surface area contributed by atoms with E-state index in [1.807, 2.05) is 13.8 Å². The summed E-state index contributed by atoms with van der Waals surface area (Å²) < 4.78 is 0. The number of aromatic nitrogens is 2. The van der Waals surface area contributed by atoms with Gasteiger partial charge in [-0.3, -0.25) is 0 Å². The normalized spacial score (nSPS) is 13.5. The number of benzene rings is 1. The molecule has 0 bridgehead atoms. The molecule has 5 nitrogen and oxygen atoms in total. The lowest BCUT2D eigenvalue weighted by atomic mass is 9.98. The van der Waals surface area contributed by atoms with Crippen molar-refractivity contribution in [3.8, 4) is 11.1 Å². The smallest absolute Gasteiger partial charge is 0.326 e. The molecule has 0 saturated carbocycles. The Bertz CT molecular complexity index is 951. The summed E-state index contributed by atoms with van der Waals surface area (Å²) in [4.78, 5) is 21.3. The van der Waals surface area contributed by atoms with E-state index >= 15 is 0 Å². The van der Waals surface area contributed by atoms with E-state index in [-0.39, 0.29) is 5.92 Å². The van der Waals surface area contributed by atoms with E-state index in [2.05, 4.69) is 52.7 Å². The summed E-state index contributed by atoms with van der Waals surface area (Å²) in [5.74, 6) is -0.299. The molecule has 0 aliphatic heterocycles. The molecule has 3 rings (SSSR count). The first kappa shape index (κ1) is 18.3. The summed E-state index contributed by atoms with van der Waals surface area (Å²) in [6.45, 7) is 8.10. The number of hydrogen-bond donors (Lipinski definition) is 2. The molecule has 0 radical (unpaired) electrons. The number of rotatable bonds is 6. The van der Waals surface area contributed by atoms with Crippen LogP contribution in [0.1, 0.15) is 31.4 Å². The molecule has 2 unspecified atom stereocenters. The molecule has 2 heterocycles. The van der Waals surface area contributed by atoms with Crippen molar-refractivity contribution in [2.45, 2.75) is 40.2 Å². The first-order chi connectivity index (χ1) is 12.4. The predicted molar refractivity (Wildman–Crippen MR) is 107 cm³/mol. The van der Waals surface area contributed by atoms with Gasteiger partial charge in [-0.15, -0.1) is 11.3 Å². The zero-order valence-electron chi connectivity index (χ0n) is 15.4. The highest BCUT2D eigenvalue weighted by molar-refractivity contribution is 7.17. The van der Waals surface area contributed by atoms with Crippen molar-refractivity contribution in [2.24, 2.45) is 5.92 Å². The molecule has 6 heteroatoms. The second-order valence-electron chi connectivity index (χ2n) is 6.70. The van der Waals surface area contributed by atoms with Gasteiger partial charge in [-0.25, -0.2) is 14.8 Å². The Morgan fingerprint density at radius 3 is 2.69 bits per heavy atom. The Morgan fingerprint density at radius 1 is 1.27 bits per heavy atom. The quantitative estimate of drug-likeness (QED) is 0.647. The maximum atomic E-state index is 11.7. The number of hydrogen-bond acceptors (Lipinski definition) is 5. The Hall–Kier alpha value is -2.47. The van der Waals surface area contributed by atoms with Crippen LogP contribution in [0.4, 0.5) is 5.82 Å². The molecule has 1 aromatic carbocycles. The molecule has 0 spiro atoms. The summed E-state index contributed by atoms with van der Waals surface area (Å²) in [5.41, 5.74) is 4.58. The molecular weight excluding hydrogens is 346 g/mol. The van der Waals surface area contributed by atoms with E-state index in [4.69, 9.17) is 0 Å². The van der Waals surface area contributed by atoms with E-state index in [0.29, 0.717) is 5.82 Å². The van der Waals surface area contributed by atoms with Gasteiger partial charge in [0.15, 0.2) is 0 Å². The van der Waals surface area contributed by atoms with Gasteiger partial charge in [0.05, 0.1) is 5.39 Å². The van der Waals surface area contributed by atoms with Crippen LogP contribution in [-0.4, -0.2) is 27.1 Å². The van der Waals surface area contributed by atoms with Crippen LogP contribution in [0, 0.1) is 19.8 Å². The highest BCUT2D eigenvalue weighted by Crippen LogP contribution is 2.37. The monoisotopic (exact) mass is 369 g/mol. The molecule has 2 N–H and O–H groups in total. The van der Waals surface area contributed by atoms with Gasteiger partial charge in [0.2, 0.25) is 0 Å². The molecule has 3 aromatic rings. The average Bonchev–Trinajstić information content (AvgIpc) is 3.06. The molecule has 0 aliphatic carbocycles. The van der Waals surface area contributed by atoms with Gasteiger partial charge in [-0.05, 0) is 36.5 Å². The number of fused-ring (bicyclic) bond motifs is 1. The zero-order valence-corrected chi connectivity index (χ0v) is 16.2. The largest absolute Gasteiger partial charge is 0.480 e. The van der Waals surface area contributed by atoms with E-state index < -0.39 is 12.0 Å². The minimum Gasteiger partial charge on any atom is -0.480 e. The molecule has 2 atom stereocenters. The highest BCUT2D eigenvalue weighted by atomic mass is 32.1. The molecule has 26 heavy (non-hydrogen) atoms. The van der Waals surface area contributed by atoms with Crippen molar-refractivity contribution in [3.63, 3.8) is 0 Å². The Morgan fingerprint density at radius 2 is 2.04 bits per heavy atom. The minimum atomic E-state index is -0.867. The number of carboxylic acids is 1. The minimum absolute atomic E-state index is 0.0128. The van der Waals surface area contributed by atoms with Gasteiger partial charge in [0.25, 0.3) is 0 Å². The van der Waals surface area contributed by atoms with Crippen LogP contribution in [-0.2, 0) is 4.79 Å². The number of thiophene rings is 1. The number of aryl methyl sites for hydroxylation is 2. The molecule has 0 aliphatic rings. The van der Waals surface area contributed by atoms with E-state index in [1.165, 1.54) is 17.5 Å². The molecule has 0 saturated heterocycles. The fourth-order valence-corrected chi connectivity index (χ4v) is 3.85. The predicted octanol–water partition coefficient (Wildman–Crippen LogP) is 4.89. The second-order valence-corrected chi connectivity index (χ2v) is 7.55. The molecule has 0 amide bonds. The number of nitrogens with one attached hydrogen (secondary N) is 1. The standard InChI is InChI=1S/C20H23N3O2S/c1-5-11(2)17(20(24)25)23-18-16-15(9-26-19(16)22-10-21-18)14-7-6-12(3)13(4)8-14/h6-11,17H,5H2,1-4H3,(H,24,25)(H,21,22,23). The summed E-state index contributed by atoms with van der Waals surface area (Å²) in [5, 5.41) is 15.7. The summed E-state index contributed by atoms with van der Waals surface area (Å²) in [6, 6.07) is 5.65. The number of nitrogens with zero attached hydrogens (tertiary/aromatic N) is 2. The second kappa shape index (κ2) is 7.41. The van der Waals surface area contributed by atoms with Gasteiger partial charge >= 0.3 is 5.97 Å². The van der Waals surface area contributed by atoms with Crippen molar-refractivity contribution < 1.29 is 9.90 Å². The van der Waals surface area contributed by atoms with Gasteiger partial charge in [0.1, 0.15) is 23.0 Å². The van der Waals surface area contributed by atoms with Crippen molar-refractivity contribution in [2.75, 3.05) is 5.32 Å². The van der Waals surface area contributed by atoms with Crippen LogP contribution in [0.25, 0.3) is 21.3 Å². The molecule has 0 fully saturated rings. The third kappa shape index (κ3) is 3.42. The van der Waals surface area contributed by atoms with Gasteiger partial charge in [-0.1, -0.05) is 38.5 Å². The number of anilines is 1.